The lowest BCUT2D eigenvalue weighted by Crippen LogP contribution is -2.22. The van der Waals surface area contributed by atoms with Crippen molar-refractivity contribution in [3.63, 3.8) is 0 Å². The first-order chi connectivity index (χ1) is 7.45. The molecular formula is C11H12FNO2S. The number of benzene rings is 1. The summed E-state index contributed by atoms with van der Waals surface area (Å²) in [6.07, 6.45) is 0. The van der Waals surface area contributed by atoms with Gasteiger partial charge in [0.05, 0.1) is 4.90 Å². The lowest BCUT2D eigenvalue weighted by Gasteiger charge is -2.12. The van der Waals surface area contributed by atoms with Crippen LogP contribution in [0.25, 0.3) is 5.57 Å². The van der Waals surface area contributed by atoms with Gasteiger partial charge in [0.1, 0.15) is 5.82 Å². The maximum absolute atomic E-state index is 13.0. The Morgan fingerprint density at radius 2 is 2.06 bits per heavy atom. The van der Waals surface area contributed by atoms with Crippen LogP contribution in [0.1, 0.15) is 12.5 Å². The number of halogens is 1. The van der Waals surface area contributed by atoms with E-state index in [4.69, 9.17) is 0 Å². The topological polar surface area (TPSA) is 46.2 Å². The molecule has 16 heavy (non-hydrogen) atoms. The normalized spacial score (nSPS) is 19.1. The highest BCUT2D eigenvalue weighted by Gasteiger charge is 2.29. The van der Waals surface area contributed by atoms with Gasteiger partial charge < -0.3 is 5.32 Å². The van der Waals surface area contributed by atoms with Gasteiger partial charge in [0, 0.05) is 11.4 Å². The second-order valence-electron chi connectivity index (χ2n) is 3.77. The molecule has 0 aromatic heterocycles. The minimum absolute atomic E-state index is 0.0598. The van der Waals surface area contributed by atoms with E-state index in [9.17, 15) is 12.8 Å². The molecule has 0 spiro atoms. The highest BCUT2D eigenvalue weighted by Crippen LogP contribution is 2.35. The molecule has 1 aromatic rings. The lowest BCUT2D eigenvalue weighted by molar-refractivity contribution is 0.599. The molecule has 1 N–H and O–H groups in total. The number of sulfone groups is 1. The first-order valence-corrected chi connectivity index (χ1v) is 6.44. The summed E-state index contributed by atoms with van der Waals surface area (Å²) in [6, 6.07) is 3.77. The highest BCUT2D eigenvalue weighted by molar-refractivity contribution is 7.95. The molecule has 1 atom stereocenters. The van der Waals surface area contributed by atoms with Gasteiger partial charge in [-0.25, -0.2) is 12.8 Å². The van der Waals surface area contributed by atoms with E-state index in [0.29, 0.717) is 11.1 Å². The average molecular weight is 241 g/mol. The molecule has 0 fully saturated rings. The van der Waals surface area contributed by atoms with E-state index in [2.05, 4.69) is 5.32 Å². The van der Waals surface area contributed by atoms with Gasteiger partial charge >= 0.3 is 0 Å². The molecule has 0 saturated heterocycles. The summed E-state index contributed by atoms with van der Waals surface area (Å²) in [5, 5.41) is 4.18. The molecule has 0 aliphatic carbocycles. The molecule has 1 aliphatic heterocycles. The van der Waals surface area contributed by atoms with Crippen LogP contribution < -0.4 is 5.32 Å². The predicted octanol–water partition coefficient (Wildman–Crippen LogP) is 1.56. The van der Waals surface area contributed by atoms with E-state index >= 15 is 0 Å². The Kier molecular flexibility index (Phi) is 2.59. The van der Waals surface area contributed by atoms with Crippen molar-refractivity contribution in [1.29, 1.82) is 0 Å². The van der Waals surface area contributed by atoms with E-state index in [-0.39, 0.29) is 10.9 Å². The second-order valence-corrected chi connectivity index (χ2v) is 5.53. The summed E-state index contributed by atoms with van der Waals surface area (Å²) in [5.41, 5.74) is 1.26. The Morgan fingerprint density at radius 3 is 2.69 bits per heavy atom. The summed E-state index contributed by atoms with van der Waals surface area (Å²) in [5.74, 6) is -0.533. The number of fused-ring (bicyclic) bond motifs is 1. The molecule has 1 unspecified atom stereocenters. The Labute approximate surface area is 93.9 Å². The van der Waals surface area contributed by atoms with Gasteiger partial charge in [0.25, 0.3) is 0 Å². The third-order valence-electron chi connectivity index (χ3n) is 2.74. The van der Waals surface area contributed by atoms with Crippen molar-refractivity contribution in [2.75, 3.05) is 7.05 Å². The maximum Gasteiger partial charge on any atom is 0.200 e. The van der Waals surface area contributed by atoms with Crippen molar-refractivity contribution in [1.82, 2.24) is 5.32 Å². The monoisotopic (exact) mass is 241 g/mol. The third-order valence-corrected chi connectivity index (χ3v) is 4.26. The summed E-state index contributed by atoms with van der Waals surface area (Å²) in [7, 11) is -1.72. The predicted molar refractivity (Wildman–Crippen MR) is 60.1 cm³/mol. The van der Waals surface area contributed by atoms with Crippen LogP contribution in [-0.4, -0.2) is 21.5 Å². The van der Waals surface area contributed by atoms with Gasteiger partial charge in [0.2, 0.25) is 9.84 Å². The number of hydrogen-bond acceptors (Lipinski definition) is 3. The van der Waals surface area contributed by atoms with Gasteiger partial charge in [-0.1, -0.05) is 6.07 Å². The Balaban J connectivity index is 2.65. The summed E-state index contributed by atoms with van der Waals surface area (Å²) in [4.78, 5) is 0.0598. The molecule has 1 aromatic carbocycles. The minimum Gasteiger partial charge on any atom is -0.313 e. The van der Waals surface area contributed by atoms with E-state index in [1.807, 2.05) is 6.92 Å². The molecule has 0 bridgehead atoms. The molecule has 2 rings (SSSR count). The second kappa shape index (κ2) is 3.68. The van der Waals surface area contributed by atoms with Gasteiger partial charge in [-0.05, 0) is 37.2 Å². The van der Waals surface area contributed by atoms with E-state index < -0.39 is 15.7 Å². The SMILES string of the molecule is CNC(C)C1=CS(=O)(=O)c2cc(F)ccc21. The number of rotatable bonds is 2. The van der Waals surface area contributed by atoms with Crippen LogP contribution in [0.3, 0.4) is 0 Å². The molecule has 86 valence electrons. The molecule has 0 amide bonds. The largest absolute Gasteiger partial charge is 0.313 e. The Morgan fingerprint density at radius 1 is 1.38 bits per heavy atom. The van der Waals surface area contributed by atoms with Crippen LogP contribution in [0.5, 0.6) is 0 Å². The lowest BCUT2D eigenvalue weighted by atomic mass is 10.0. The fourth-order valence-electron chi connectivity index (χ4n) is 1.75. The molecule has 1 aliphatic rings. The number of likely N-dealkylation sites (N-methyl/N-ethyl adjacent to an activating group) is 1. The van der Waals surface area contributed by atoms with Gasteiger partial charge in [-0.3, -0.25) is 0 Å². The average Bonchev–Trinajstić information content (AvgIpc) is 2.50. The van der Waals surface area contributed by atoms with Crippen molar-refractivity contribution in [2.45, 2.75) is 17.9 Å². The van der Waals surface area contributed by atoms with Crippen molar-refractivity contribution in [3.8, 4) is 0 Å². The van der Waals surface area contributed by atoms with Gasteiger partial charge in [-0.2, -0.15) is 0 Å². The highest BCUT2D eigenvalue weighted by atomic mass is 32.2. The first kappa shape index (κ1) is 11.3. The van der Waals surface area contributed by atoms with Crippen LogP contribution in [0.2, 0.25) is 0 Å². The van der Waals surface area contributed by atoms with Crippen molar-refractivity contribution < 1.29 is 12.8 Å². The standard InChI is InChI=1S/C11H12FNO2S/c1-7(13-2)10-6-16(14,15)11-5-8(12)3-4-9(10)11/h3-7,13H,1-2H3. The summed E-state index contributed by atoms with van der Waals surface area (Å²) < 4.78 is 36.5. The van der Waals surface area contributed by atoms with Crippen molar-refractivity contribution in [2.24, 2.45) is 0 Å². The van der Waals surface area contributed by atoms with Crippen molar-refractivity contribution >= 4 is 15.4 Å². The number of nitrogens with one attached hydrogen (secondary N) is 1. The summed E-state index contributed by atoms with van der Waals surface area (Å²) in [6.45, 7) is 1.86. The Bertz CT molecular complexity index is 563. The first-order valence-electron chi connectivity index (χ1n) is 4.89. The fraction of sp³-hybridized carbons (Fsp3) is 0.273. The quantitative estimate of drug-likeness (QED) is 0.854. The smallest absolute Gasteiger partial charge is 0.200 e. The van der Waals surface area contributed by atoms with Crippen LogP contribution in [-0.2, 0) is 9.84 Å². The molecule has 5 heteroatoms. The third kappa shape index (κ3) is 1.66. The van der Waals surface area contributed by atoms with Crippen molar-refractivity contribution in [3.05, 3.63) is 35.0 Å². The van der Waals surface area contributed by atoms with E-state index in [1.54, 1.807) is 7.05 Å². The Hall–Kier alpha value is -1.20. The molecule has 0 radical (unpaired) electrons. The fourth-order valence-corrected chi connectivity index (χ4v) is 3.32. The van der Waals surface area contributed by atoms with Gasteiger partial charge in [0.15, 0.2) is 0 Å². The zero-order valence-electron chi connectivity index (χ0n) is 8.99. The zero-order valence-corrected chi connectivity index (χ0v) is 9.81. The summed E-state index contributed by atoms with van der Waals surface area (Å²) >= 11 is 0. The van der Waals surface area contributed by atoms with E-state index in [1.165, 1.54) is 17.5 Å². The van der Waals surface area contributed by atoms with E-state index in [0.717, 1.165) is 6.07 Å². The van der Waals surface area contributed by atoms with Crippen LogP contribution in [0, 0.1) is 5.82 Å². The van der Waals surface area contributed by atoms with Gasteiger partial charge in [-0.15, -0.1) is 0 Å². The molecular weight excluding hydrogens is 229 g/mol. The molecule has 0 saturated carbocycles. The maximum atomic E-state index is 13.0. The molecule has 1 heterocycles. The zero-order chi connectivity index (χ0) is 11.9. The minimum atomic E-state index is -3.47. The molecule has 3 nitrogen and oxygen atoms in total. The number of hydrogen-bond donors (Lipinski definition) is 1. The van der Waals surface area contributed by atoms with Crippen LogP contribution >= 0.6 is 0 Å². The van der Waals surface area contributed by atoms with Crippen LogP contribution in [0.4, 0.5) is 4.39 Å². The van der Waals surface area contributed by atoms with Crippen LogP contribution in [0.15, 0.2) is 28.5 Å².